The molecule has 15 N–H and O–H groups in total. The number of primary amides is 1. The smallest absolute Gasteiger partial charge is 0.475 e. The molecule has 5 amide bonds. The Kier molecular flexibility index (Phi) is 25.5. The van der Waals surface area contributed by atoms with Crippen molar-refractivity contribution in [3.8, 4) is 0 Å². The third-order valence-electron chi connectivity index (χ3n) is 7.51. The number of amides is 5. The Morgan fingerprint density at radius 1 is 0.650 bits per heavy atom. The molecule has 0 aromatic heterocycles. The molecule has 6 unspecified atom stereocenters. The number of carbonyl (C=O) groups excluding carboxylic acids is 5. The summed E-state index contributed by atoms with van der Waals surface area (Å²) in [4.78, 5) is 87.0. The molecule has 1 rings (SSSR count). The van der Waals surface area contributed by atoms with Crippen LogP contribution >= 0.6 is 0 Å². The van der Waals surface area contributed by atoms with Gasteiger partial charge in [-0.1, -0.05) is 58.0 Å². The quantitative estimate of drug-likeness (QED) is 0.0350. The Hall–Kier alpha value is -5.72. The van der Waals surface area contributed by atoms with Crippen LogP contribution in [-0.4, -0.2) is 118 Å². The first kappa shape index (κ1) is 56.4. The Morgan fingerprint density at radius 3 is 1.35 bits per heavy atom. The topological polar surface area (TPSA) is 345 Å². The van der Waals surface area contributed by atoms with E-state index in [1.807, 2.05) is 33.8 Å². The third kappa shape index (κ3) is 25.6. The molecule has 0 spiro atoms. The number of benzene rings is 1. The van der Waals surface area contributed by atoms with Crippen molar-refractivity contribution in [3.63, 3.8) is 0 Å². The van der Waals surface area contributed by atoms with Gasteiger partial charge in [0.2, 0.25) is 29.5 Å². The van der Waals surface area contributed by atoms with E-state index in [0.29, 0.717) is 6.42 Å². The minimum atomic E-state index is -5.08. The molecule has 6 atom stereocenters. The summed E-state index contributed by atoms with van der Waals surface area (Å²) >= 11 is 0. The summed E-state index contributed by atoms with van der Waals surface area (Å²) in [5.41, 5.74) is 22.7. The second-order valence-electron chi connectivity index (χ2n) is 13.9. The maximum atomic E-state index is 13.6. The molecule has 0 saturated carbocycles. The van der Waals surface area contributed by atoms with E-state index in [1.54, 1.807) is 24.3 Å². The number of halogens is 6. The average molecular weight is 876 g/mol. The van der Waals surface area contributed by atoms with E-state index >= 15 is 0 Å². The van der Waals surface area contributed by atoms with Crippen molar-refractivity contribution in [1.29, 1.82) is 0 Å². The van der Waals surface area contributed by atoms with Crippen LogP contribution < -0.4 is 44.2 Å². The first-order valence-electron chi connectivity index (χ1n) is 18.0. The number of guanidine groups is 1. The van der Waals surface area contributed by atoms with Crippen molar-refractivity contribution < 1.29 is 75.2 Å². The number of nitrogens with zero attached hydrogens (tertiary/aromatic N) is 1. The monoisotopic (exact) mass is 875 g/mol. The molecular weight excluding hydrogens is 820 g/mol. The number of rotatable bonds is 20. The van der Waals surface area contributed by atoms with Gasteiger partial charge in [0.05, 0.1) is 6.10 Å². The van der Waals surface area contributed by atoms with Crippen LogP contribution in [0.25, 0.3) is 0 Å². The van der Waals surface area contributed by atoms with E-state index in [-0.39, 0.29) is 50.0 Å². The number of aliphatic hydroxyl groups is 1. The largest absolute Gasteiger partial charge is 0.490 e. The fraction of sp³-hybridized carbons (Fsp3) is 0.600. The summed E-state index contributed by atoms with van der Waals surface area (Å²) in [5, 5.41) is 34.7. The van der Waals surface area contributed by atoms with Crippen LogP contribution in [0.5, 0.6) is 0 Å². The lowest BCUT2D eigenvalue weighted by Gasteiger charge is -2.28. The van der Waals surface area contributed by atoms with E-state index in [9.17, 15) is 55.4 Å². The standard InChI is InChI=1S/C31H53N9O6.2C2HF3O2/c1-17(2)14-22(27(43)37-21(26(33)42)12-9-13-36-31(34)35)38-28(44)23(15-18(3)4)39-29(45)24(16-20-10-7-6-8-11-20)40-30(46)25(32)19(5)41;2*3-2(4,5)1(6)7/h6-8,10-11,17-19,21-25,41H,9,12-16,32H2,1-5H3,(H2,33,42)(H,37,43)(H,38,44)(H,39,45)(H,40,46)(H4,34,35,36);2*(H,6,7). The van der Waals surface area contributed by atoms with Gasteiger partial charge in [0.15, 0.2) is 5.96 Å². The molecule has 1 aromatic rings. The summed E-state index contributed by atoms with van der Waals surface area (Å²) in [6.45, 7) is 9.08. The fourth-order valence-corrected chi connectivity index (χ4v) is 4.56. The van der Waals surface area contributed by atoms with Gasteiger partial charge in [-0.2, -0.15) is 26.3 Å². The number of aliphatic carboxylic acids is 2. The third-order valence-corrected chi connectivity index (χ3v) is 7.51. The van der Waals surface area contributed by atoms with Crippen molar-refractivity contribution in [2.24, 2.45) is 39.8 Å². The summed E-state index contributed by atoms with van der Waals surface area (Å²) < 4.78 is 63.5. The fourth-order valence-electron chi connectivity index (χ4n) is 4.56. The zero-order valence-electron chi connectivity index (χ0n) is 33.5. The highest BCUT2D eigenvalue weighted by molar-refractivity contribution is 5.96. The highest BCUT2D eigenvalue weighted by Crippen LogP contribution is 2.14. The molecule has 0 bridgehead atoms. The van der Waals surface area contributed by atoms with Gasteiger partial charge in [0.25, 0.3) is 0 Å². The molecular formula is C35H55F6N9O10. The maximum Gasteiger partial charge on any atom is 0.490 e. The predicted octanol–water partition coefficient (Wildman–Crippen LogP) is -0.226. The molecule has 0 aliphatic heterocycles. The second-order valence-corrected chi connectivity index (χ2v) is 13.9. The highest BCUT2D eigenvalue weighted by Gasteiger charge is 2.39. The molecule has 0 fully saturated rings. The van der Waals surface area contributed by atoms with Crippen LogP contribution in [0, 0.1) is 11.8 Å². The molecule has 0 aliphatic rings. The number of aliphatic imine (C=N–C) groups is 1. The normalized spacial score (nSPS) is 14.2. The lowest BCUT2D eigenvalue weighted by Crippen LogP contribution is -2.60. The van der Waals surface area contributed by atoms with Crippen molar-refractivity contribution >= 4 is 47.4 Å². The van der Waals surface area contributed by atoms with Gasteiger partial charge in [-0.05, 0) is 50.0 Å². The van der Waals surface area contributed by atoms with E-state index in [2.05, 4.69) is 26.3 Å². The van der Waals surface area contributed by atoms with Crippen LogP contribution in [0.15, 0.2) is 35.3 Å². The molecule has 19 nitrogen and oxygen atoms in total. The zero-order chi connectivity index (χ0) is 47.1. The summed E-state index contributed by atoms with van der Waals surface area (Å²) in [5.74, 6) is -9.02. The SMILES string of the molecule is CC(C)CC(NC(=O)C(CC(C)C)NC(=O)C(Cc1ccccc1)NC(=O)C(N)C(C)O)C(=O)NC(CCCN=C(N)N)C(N)=O.O=C(O)C(F)(F)F.O=C(O)C(F)(F)F. The van der Waals surface area contributed by atoms with E-state index in [0.717, 1.165) is 5.56 Å². The van der Waals surface area contributed by atoms with Gasteiger partial charge in [-0.25, -0.2) is 9.59 Å². The van der Waals surface area contributed by atoms with E-state index in [1.165, 1.54) is 6.92 Å². The van der Waals surface area contributed by atoms with Crippen LogP contribution in [0.4, 0.5) is 26.3 Å². The van der Waals surface area contributed by atoms with Crippen LogP contribution in [0.1, 0.15) is 65.9 Å². The van der Waals surface area contributed by atoms with Crippen molar-refractivity contribution in [1.82, 2.24) is 21.3 Å². The lowest BCUT2D eigenvalue weighted by atomic mass is 9.98. The van der Waals surface area contributed by atoms with Gasteiger partial charge in [0, 0.05) is 13.0 Å². The number of nitrogens with two attached hydrogens (primary N) is 4. The summed E-state index contributed by atoms with van der Waals surface area (Å²) in [6, 6.07) is 3.44. The summed E-state index contributed by atoms with van der Waals surface area (Å²) in [7, 11) is 0. The Balaban J connectivity index is 0. The Labute approximate surface area is 341 Å². The van der Waals surface area contributed by atoms with Gasteiger partial charge >= 0.3 is 24.3 Å². The minimum Gasteiger partial charge on any atom is -0.475 e. The molecule has 25 heteroatoms. The molecule has 0 aliphatic carbocycles. The van der Waals surface area contributed by atoms with Crippen LogP contribution in [-0.2, 0) is 40.0 Å². The van der Waals surface area contributed by atoms with E-state index in [4.69, 9.17) is 42.7 Å². The number of nitrogens with one attached hydrogen (secondary N) is 4. The first-order valence-corrected chi connectivity index (χ1v) is 18.0. The molecule has 0 radical (unpaired) electrons. The number of carboxylic acid groups (broad SMARTS) is 2. The number of aliphatic hydroxyl groups excluding tert-OH is 1. The number of carbonyl (C=O) groups is 7. The molecule has 342 valence electrons. The zero-order valence-corrected chi connectivity index (χ0v) is 33.5. The molecule has 0 heterocycles. The van der Waals surface area contributed by atoms with Gasteiger partial charge in [-0.3, -0.25) is 29.0 Å². The van der Waals surface area contributed by atoms with Crippen molar-refractivity contribution in [2.75, 3.05) is 6.54 Å². The van der Waals surface area contributed by atoms with Crippen molar-refractivity contribution in [3.05, 3.63) is 35.9 Å². The van der Waals surface area contributed by atoms with Gasteiger partial charge in [0.1, 0.15) is 30.2 Å². The average Bonchev–Trinajstić information content (AvgIpc) is 3.10. The number of hydrogen-bond acceptors (Lipinski definition) is 10. The lowest BCUT2D eigenvalue weighted by molar-refractivity contribution is -0.193. The summed E-state index contributed by atoms with van der Waals surface area (Å²) in [6.07, 6.45) is -10.2. The molecule has 0 saturated heterocycles. The maximum absolute atomic E-state index is 13.6. The molecule has 1 aromatic carbocycles. The predicted molar refractivity (Wildman–Crippen MR) is 203 cm³/mol. The number of carboxylic acids is 2. The highest BCUT2D eigenvalue weighted by atomic mass is 19.4. The van der Waals surface area contributed by atoms with Gasteiger partial charge in [-0.15, -0.1) is 0 Å². The van der Waals surface area contributed by atoms with Crippen molar-refractivity contribution in [2.45, 2.75) is 115 Å². The second kappa shape index (κ2) is 27.1. The first-order chi connectivity index (χ1) is 27.4. The number of hydrogen-bond donors (Lipinski definition) is 11. The van der Waals surface area contributed by atoms with Crippen LogP contribution in [0.3, 0.4) is 0 Å². The molecule has 60 heavy (non-hydrogen) atoms. The number of alkyl halides is 6. The van der Waals surface area contributed by atoms with Gasteiger partial charge < -0.3 is 59.5 Å². The Bertz CT molecular complexity index is 1550. The van der Waals surface area contributed by atoms with Crippen LogP contribution in [0.2, 0.25) is 0 Å². The Morgan fingerprint density at radius 2 is 1.02 bits per heavy atom. The van der Waals surface area contributed by atoms with E-state index < -0.39 is 90.1 Å². The minimum absolute atomic E-state index is 0.0216.